The molecule has 0 spiro atoms. The Morgan fingerprint density at radius 1 is 1.14 bits per heavy atom. The molecule has 1 saturated heterocycles. The molecule has 0 amide bonds. The van der Waals surface area contributed by atoms with Crippen molar-refractivity contribution in [2.24, 2.45) is 5.92 Å². The molecule has 29 heavy (non-hydrogen) atoms. The summed E-state index contributed by atoms with van der Waals surface area (Å²) in [6.45, 7) is 7.25. The van der Waals surface area contributed by atoms with Gasteiger partial charge in [-0.2, -0.15) is 0 Å². The van der Waals surface area contributed by atoms with Crippen LogP contribution < -0.4 is 10.0 Å². The summed E-state index contributed by atoms with van der Waals surface area (Å²) in [4.78, 5) is 0. The van der Waals surface area contributed by atoms with Gasteiger partial charge in [0.1, 0.15) is 0 Å². The van der Waals surface area contributed by atoms with E-state index in [-0.39, 0.29) is 6.04 Å². The third-order valence-electron chi connectivity index (χ3n) is 6.29. The van der Waals surface area contributed by atoms with Gasteiger partial charge in [0.2, 0.25) is 10.0 Å². The number of rotatable bonds is 6. The first-order valence-corrected chi connectivity index (χ1v) is 12.2. The lowest BCUT2D eigenvalue weighted by Gasteiger charge is -2.33. The van der Waals surface area contributed by atoms with E-state index in [1.54, 1.807) is 20.8 Å². The minimum absolute atomic E-state index is 0.0431. The highest BCUT2D eigenvalue weighted by molar-refractivity contribution is 7.90. The van der Waals surface area contributed by atoms with Crippen molar-refractivity contribution in [1.29, 1.82) is 0 Å². The van der Waals surface area contributed by atoms with E-state index in [2.05, 4.69) is 16.1 Å². The van der Waals surface area contributed by atoms with Gasteiger partial charge in [-0.1, -0.05) is 12.1 Å². The first-order chi connectivity index (χ1) is 13.6. The van der Waals surface area contributed by atoms with Crippen LogP contribution >= 0.6 is 0 Å². The van der Waals surface area contributed by atoms with E-state index < -0.39 is 20.4 Å². The number of nitrogens with one attached hydrogen (secondary N) is 2. The number of aliphatic hydroxyl groups is 1. The second-order valence-corrected chi connectivity index (χ2v) is 12.0. The lowest BCUT2D eigenvalue weighted by Crippen LogP contribution is -2.46. The molecule has 1 aromatic rings. The van der Waals surface area contributed by atoms with Crippen LogP contribution in [0.5, 0.6) is 0 Å². The van der Waals surface area contributed by atoms with Crippen molar-refractivity contribution < 1.29 is 18.3 Å². The van der Waals surface area contributed by atoms with Crippen LogP contribution in [0.25, 0.3) is 0 Å². The molecule has 164 valence electrons. The maximum atomic E-state index is 12.3. The lowest BCUT2D eigenvalue weighted by atomic mass is 9.85. The first-order valence-electron chi connectivity index (χ1n) is 10.8. The van der Waals surface area contributed by atoms with Crippen LogP contribution in [-0.4, -0.2) is 44.1 Å². The molecule has 1 heterocycles. The van der Waals surface area contributed by atoms with E-state index in [1.165, 1.54) is 0 Å². The Morgan fingerprint density at radius 2 is 1.79 bits per heavy atom. The van der Waals surface area contributed by atoms with Crippen molar-refractivity contribution in [2.75, 3.05) is 25.1 Å². The maximum absolute atomic E-state index is 12.3. The summed E-state index contributed by atoms with van der Waals surface area (Å²) in [5, 5.41) is 14.4. The van der Waals surface area contributed by atoms with Gasteiger partial charge in [-0.05, 0) is 70.1 Å². The highest BCUT2D eigenvalue weighted by Gasteiger charge is 2.33. The van der Waals surface area contributed by atoms with Crippen molar-refractivity contribution in [3.05, 3.63) is 29.8 Å². The molecule has 6 nitrogen and oxygen atoms in total. The Morgan fingerprint density at radius 3 is 2.41 bits per heavy atom. The van der Waals surface area contributed by atoms with Gasteiger partial charge in [0, 0.05) is 44.3 Å². The van der Waals surface area contributed by atoms with Gasteiger partial charge in [0.05, 0.1) is 10.3 Å². The maximum Gasteiger partial charge on any atom is 0.216 e. The van der Waals surface area contributed by atoms with Gasteiger partial charge in [0.15, 0.2) is 0 Å². The predicted molar refractivity (Wildman–Crippen MR) is 116 cm³/mol. The molecule has 3 rings (SSSR count). The van der Waals surface area contributed by atoms with Crippen molar-refractivity contribution >= 4 is 15.7 Å². The Kier molecular flexibility index (Phi) is 6.93. The highest BCUT2D eigenvalue weighted by atomic mass is 32.2. The zero-order valence-corrected chi connectivity index (χ0v) is 18.7. The van der Waals surface area contributed by atoms with E-state index >= 15 is 0 Å². The average molecular weight is 425 g/mol. The number of hydrogen-bond donors (Lipinski definition) is 3. The minimum atomic E-state index is -3.29. The smallest absolute Gasteiger partial charge is 0.216 e. The van der Waals surface area contributed by atoms with Gasteiger partial charge in [-0.3, -0.25) is 0 Å². The SMILES string of the molecule is CC(C)(C)S(=O)(=O)NC1CCC(CNc2cccc(C3(O)CCOCC3)c2)CC1. The van der Waals surface area contributed by atoms with E-state index in [9.17, 15) is 13.5 Å². The van der Waals surface area contributed by atoms with Crippen LogP contribution in [0, 0.1) is 5.92 Å². The molecule has 0 aromatic heterocycles. The standard InChI is InChI=1S/C22H36N2O4S/c1-21(2,3)29(26,27)24-19-9-7-17(8-10-19)16-23-20-6-4-5-18(15-20)22(25)11-13-28-14-12-22/h4-6,15,17,19,23-25H,7-14,16H2,1-3H3. The molecule has 2 fully saturated rings. The van der Waals surface area contributed by atoms with Crippen LogP contribution in [0.4, 0.5) is 5.69 Å². The zero-order chi connectivity index (χ0) is 21.1. The minimum Gasteiger partial charge on any atom is -0.385 e. The number of sulfonamides is 1. The molecule has 1 aromatic carbocycles. The molecule has 2 aliphatic rings. The van der Waals surface area contributed by atoms with E-state index in [1.807, 2.05) is 18.2 Å². The molecule has 1 saturated carbocycles. The molecule has 7 heteroatoms. The van der Waals surface area contributed by atoms with Crippen LogP contribution in [0.2, 0.25) is 0 Å². The third-order valence-corrected chi connectivity index (χ3v) is 8.55. The number of anilines is 1. The van der Waals surface area contributed by atoms with Gasteiger partial charge in [0.25, 0.3) is 0 Å². The number of hydrogen-bond acceptors (Lipinski definition) is 5. The van der Waals surface area contributed by atoms with Crippen LogP contribution in [0.15, 0.2) is 24.3 Å². The van der Waals surface area contributed by atoms with Crippen LogP contribution in [-0.2, 0) is 20.4 Å². The van der Waals surface area contributed by atoms with Crippen molar-refractivity contribution in [3.63, 3.8) is 0 Å². The second-order valence-electron chi connectivity index (χ2n) is 9.56. The molecule has 0 radical (unpaired) electrons. The Hall–Kier alpha value is -1.15. The van der Waals surface area contributed by atoms with Crippen molar-refractivity contribution in [1.82, 2.24) is 4.72 Å². The summed E-state index contributed by atoms with van der Waals surface area (Å²) in [6, 6.07) is 8.11. The average Bonchev–Trinajstić information content (AvgIpc) is 2.67. The summed E-state index contributed by atoms with van der Waals surface area (Å²) in [7, 11) is -3.29. The molecular formula is C22H36N2O4S. The Balaban J connectivity index is 1.49. The second kappa shape index (κ2) is 8.92. The Bertz CT molecular complexity index is 774. The van der Waals surface area contributed by atoms with E-state index in [0.29, 0.717) is 32.0 Å². The molecule has 3 N–H and O–H groups in total. The van der Waals surface area contributed by atoms with E-state index in [4.69, 9.17) is 4.74 Å². The summed E-state index contributed by atoms with van der Waals surface area (Å²) in [6.07, 6.45) is 5.02. The van der Waals surface area contributed by atoms with E-state index in [0.717, 1.165) is 43.5 Å². The summed E-state index contributed by atoms with van der Waals surface area (Å²) < 4.78 is 32.2. The molecule has 0 atom stereocenters. The highest BCUT2D eigenvalue weighted by Crippen LogP contribution is 2.33. The summed E-state index contributed by atoms with van der Waals surface area (Å²) in [5.74, 6) is 0.528. The molecule has 1 aliphatic heterocycles. The lowest BCUT2D eigenvalue weighted by molar-refractivity contribution is -0.0678. The van der Waals surface area contributed by atoms with Gasteiger partial charge in [-0.15, -0.1) is 0 Å². The fourth-order valence-corrected chi connectivity index (χ4v) is 5.09. The summed E-state index contributed by atoms with van der Waals surface area (Å²) in [5.41, 5.74) is 1.18. The fraction of sp³-hybridized carbons (Fsp3) is 0.727. The number of benzene rings is 1. The summed E-state index contributed by atoms with van der Waals surface area (Å²) >= 11 is 0. The topological polar surface area (TPSA) is 87.7 Å². The monoisotopic (exact) mass is 424 g/mol. The van der Waals surface area contributed by atoms with Gasteiger partial charge >= 0.3 is 0 Å². The van der Waals surface area contributed by atoms with Gasteiger partial charge < -0.3 is 15.2 Å². The van der Waals surface area contributed by atoms with Crippen molar-refractivity contribution in [3.8, 4) is 0 Å². The van der Waals surface area contributed by atoms with Crippen LogP contribution in [0.3, 0.4) is 0 Å². The molecule has 0 unspecified atom stereocenters. The largest absolute Gasteiger partial charge is 0.385 e. The molecule has 1 aliphatic carbocycles. The Labute approximate surface area is 175 Å². The predicted octanol–water partition coefficient (Wildman–Crippen LogP) is 3.37. The zero-order valence-electron chi connectivity index (χ0n) is 17.9. The van der Waals surface area contributed by atoms with Crippen LogP contribution in [0.1, 0.15) is 64.9 Å². The first kappa shape index (κ1) is 22.5. The number of ether oxygens (including phenoxy) is 1. The van der Waals surface area contributed by atoms with Gasteiger partial charge in [-0.25, -0.2) is 13.1 Å². The fourth-order valence-electron chi connectivity index (χ4n) is 4.06. The molecule has 0 bridgehead atoms. The third kappa shape index (κ3) is 5.72. The normalized spacial score (nSPS) is 25.5. The molecular weight excluding hydrogens is 388 g/mol. The quantitative estimate of drug-likeness (QED) is 0.652. The van der Waals surface area contributed by atoms with Crippen molar-refractivity contribution in [2.45, 2.75) is 75.7 Å².